The molecular weight excluding hydrogens is 277 g/mol. The third-order valence-electron chi connectivity index (χ3n) is 2.45. The number of halogens is 3. The molecule has 0 atom stereocenters. The number of nitrogens with one attached hydrogen (secondary N) is 1. The number of nitro groups is 1. The summed E-state index contributed by atoms with van der Waals surface area (Å²) in [6.07, 6.45) is -3.89. The fraction of sp³-hybridized carbons (Fsp3) is 0.500. The molecule has 0 aliphatic heterocycles. The SMILES string of the molecule is O=[N+]([O-])c1ccccc1CCNCCOCC(F)(F)F. The van der Waals surface area contributed by atoms with Gasteiger partial charge >= 0.3 is 6.18 Å². The summed E-state index contributed by atoms with van der Waals surface area (Å²) in [6.45, 7) is -0.633. The van der Waals surface area contributed by atoms with E-state index in [-0.39, 0.29) is 18.8 Å². The average Bonchev–Trinajstić information content (AvgIpc) is 2.36. The Morgan fingerprint density at radius 3 is 2.60 bits per heavy atom. The molecule has 0 aliphatic rings. The minimum absolute atomic E-state index is 0.0441. The second kappa shape index (κ2) is 7.81. The Labute approximate surface area is 113 Å². The number of para-hydroxylation sites is 1. The molecule has 0 bridgehead atoms. The normalized spacial score (nSPS) is 11.6. The van der Waals surface area contributed by atoms with E-state index >= 15 is 0 Å². The molecule has 1 aromatic rings. The second-order valence-electron chi connectivity index (χ2n) is 4.05. The first kappa shape index (κ1) is 16.4. The molecule has 0 saturated carbocycles. The van der Waals surface area contributed by atoms with E-state index in [0.29, 0.717) is 18.5 Å². The van der Waals surface area contributed by atoms with Gasteiger partial charge in [-0.15, -0.1) is 0 Å². The molecule has 0 aromatic heterocycles. The van der Waals surface area contributed by atoms with Gasteiger partial charge in [0.25, 0.3) is 5.69 Å². The largest absolute Gasteiger partial charge is 0.411 e. The van der Waals surface area contributed by atoms with Crippen LogP contribution in [0.15, 0.2) is 24.3 Å². The highest BCUT2D eigenvalue weighted by molar-refractivity contribution is 5.39. The smallest absolute Gasteiger partial charge is 0.371 e. The summed E-state index contributed by atoms with van der Waals surface area (Å²) in [4.78, 5) is 10.3. The van der Waals surface area contributed by atoms with E-state index in [2.05, 4.69) is 10.1 Å². The Hall–Kier alpha value is -1.67. The van der Waals surface area contributed by atoms with Gasteiger partial charge in [-0.25, -0.2) is 0 Å². The van der Waals surface area contributed by atoms with Crippen LogP contribution < -0.4 is 5.32 Å². The van der Waals surface area contributed by atoms with Crippen LogP contribution in [0.4, 0.5) is 18.9 Å². The van der Waals surface area contributed by atoms with Crippen LogP contribution in [0, 0.1) is 10.1 Å². The number of rotatable bonds is 8. The van der Waals surface area contributed by atoms with Crippen molar-refractivity contribution in [2.45, 2.75) is 12.6 Å². The Morgan fingerprint density at radius 1 is 1.25 bits per heavy atom. The van der Waals surface area contributed by atoms with Gasteiger partial charge < -0.3 is 10.1 Å². The maximum absolute atomic E-state index is 11.8. The highest BCUT2D eigenvalue weighted by Crippen LogP contribution is 2.17. The van der Waals surface area contributed by atoms with Crippen molar-refractivity contribution in [3.63, 3.8) is 0 Å². The number of benzene rings is 1. The quantitative estimate of drug-likeness (QED) is 0.453. The zero-order valence-electron chi connectivity index (χ0n) is 10.7. The zero-order chi connectivity index (χ0) is 15.0. The molecule has 0 saturated heterocycles. The molecule has 0 spiro atoms. The van der Waals surface area contributed by atoms with Crippen molar-refractivity contribution in [2.24, 2.45) is 0 Å². The lowest BCUT2D eigenvalue weighted by atomic mass is 10.1. The van der Waals surface area contributed by atoms with Gasteiger partial charge in [0.05, 0.1) is 11.5 Å². The number of nitro benzene ring substituents is 1. The molecule has 0 unspecified atom stereocenters. The number of nitrogens with zero attached hydrogens (tertiary/aromatic N) is 1. The van der Waals surface area contributed by atoms with E-state index in [9.17, 15) is 23.3 Å². The van der Waals surface area contributed by atoms with E-state index in [1.165, 1.54) is 6.07 Å². The summed E-state index contributed by atoms with van der Waals surface area (Å²) in [5.74, 6) is 0. The first-order chi connectivity index (χ1) is 9.40. The molecule has 1 N–H and O–H groups in total. The predicted molar refractivity (Wildman–Crippen MR) is 66.5 cm³/mol. The van der Waals surface area contributed by atoms with E-state index < -0.39 is 17.7 Å². The van der Waals surface area contributed by atoms with Crippen molar-refractivity contribution in [3.05, 3.63) is 39.9 Å². The van der Waals surface area contributed by atoms with Gasteiger partial charge in [-0.05, 0) is 13.0 Å². The van der Waals surface area contributed by atoms with Crippen LogP contribution in [0.25, 0.3) is 0 Å². The van der Waals surface area contributed by atoms with Crippen molar-refractivity contribution in [3.8, 4) is 0 Å². The fourth-order valence-corrected chi connectivity index (χ4v) is 1.58. The number of alkyl halides is 3. The first-order valence-electron chi connectivity index (χ1n) is 5.97. The van der Waals surface area contributed by atoms with E-state index in [0.717, 1.165) is 0 Å². The summed E-state index contributed by atoms with van der Waals surface area (Å²) < 4.78 is 39.7. The standard InChI is InChI=1S/C12H15F3N2O3/c13-12(14,15)9-20-8-7-16-6-5-10-3-1-2-4-11(10)17(18)19/h1-4,16H,5-9H2. The summed E-state index contributed by atoms with van der Waals surface area (Å²) in [7, 11) is 0. The van der Waals surface area contributed by atoms with Crippen LogP contribution in [0.5, 0.6) is 0 Å². The third-order valence-corrected chi connectivity index (χ3v) is 2.45. The maximum atomic E-state index is 11.8. The van der Waals surface area contributed by atoms with E-state index in [4.69, 9.17) is 0 Å². The van der Waals surface area contributed by atoms with Crippen LogP contribution in [-0.4, -0.2) is 37.4 Å². The molecule has 5 nitrogen and oxygen atoms in total. The fourth-order valence-electron chi connectivity index (χ4n) is 1.58. The van der Waals surface area contributed by atoms with E-state index in [1.54, 1.807) is 18.2 Å². The third kappa shape index (κ3) is 6.48. The lowest BCUT2D eigenvalue weighted by Crippen LogP contribution is -2.25. The number of hydrogen-bond donors (Lipinski definition) is 1. The summed E-state index contributed by atoms with van der Waals surface area (Å²) in [5, 5.41) is 13.6. The van der Waals surface area contributed by atoms with Gasteiger partial charge in [-0.1, -0.05) is 18.2 Å². The Morgan fingerprint density at radius 2 is 1.95 bits per heavy atom. The number of hydrogen-bond acceptors (Lipinski definition) is 4. The van der Waals surface area contributed by atoms with Gasteiger partial charge in [0.1, 0.15) is 6.61 Å². The van der Waals surface area contributed by atoms with E-state index in [1.807, 2.05) is 0 Å². The molecule has 1 rings (SSSR count). The molecule has 8 heteroatoms. The van der Waals surface area contributed by atoms with Crippen molar-refractivity contribution < 1.29 is 22.8 Å². The Kier molecular flexibility index (Phi) is 6.40. The topological polar surface area (TPSA) is 64.4 Å². The predicted octanol–water partition coefficient (Wildman–Crippen LogP) is 2.31. The number of ether oxygens (including phenoxy) is 1. The van der Waals surface area contributed by atoms with Crippen LogP contribution in [0.3, 0.4) is 0 Å². The van der Waals surface area contributed by atoms with Gasteiger partial charge in [0.15, 0.2) is 0 Å². The van der Waals surface area contributed by atoms with Crippen molar-refractivity contribution in [2.75, 3.05) is 26.3 Å². The zero-order valence-corrected chi connectivity index (χ0v) is 10.7. The second-order valence-corrected chi connectivity index (χ2v) is 4.05. The Balaban J connectivity index is 2.20. The lowest BCUT2D eigenvalue weighted by Gasteiger charge is -2.08. The maximum Gasteiger partial charge on any atom is 0.411 e. The Bertz CT molecular complexity index is 438. The van der Waals surface area contributed by atoms with Crippen molar-refractivity contribution in [1.82, 2.24) is 5.32 Å². The average molecular weight is 292 g/mol. The van der Waals surface area contributed by atoms with Gasteiger partial charge in [-0.2, -0.15) is 13.2 Å². The molecule has 1 aromatic carbocycles. The highest BCUT2D eigenvalue weighted by atomic mass is 19.4. The lowest BCUT2D eigenvalue weighted by molar-refractivity contribution is -0.385. The molecule has 0 heterocycles. The molecule has 0 fully saturated rings. The molecule has 20 heavy (non-hydrogen) atoms. The van der Waals surface area contributed by atoms with Crippen LogP contribution in [-0.2, 0) is 11.2 Å². The van der Waals surface area contributed by atoms with Crippen LogP contribution in [0.1, 0.15) is 5.56 Å². The molecule has 0 radical (unpaired) electrons. The summed E-state index contributed by atoms with van der Waals surface area (Å²) in [5.41, 5.74) is 0.629. The summed E-state index contributed by atoms with van der Waals surface area (Å²) in [6, 6.07) is 6.36. The molecular formula is C12H15F3N2O3. The minimum atomic E-state index is -4.31. The van der Waals surface area contributed by atoms with Crippen LogP contribution >= 0.6 is 0 Å². The van der Waals surface area contributed by atoms with Gasteiger partial charge in [-0.3, -0.25) is 10.1 Å². The van der Waals surface area contributed by atoms with Gasteiger partial charge in [0, 0.05) is 18.2 Å². The first-order valence-corrected chi connectivity index (χ1v) is 5.97. The highest BCUT2D eigenvalue weighted by Gasteiger charge is 2.27. The molecule has 0 aliphatic carbocycles. The minimum Gasteiger partial charge on any atom is -0.371 e. The summed E-state index contributed by atoms with van der Waals surface area (Å²) >= 11 is 0. The van der Waals surface area contributed by atoms with Crippen molar-refractivity contribution >= 4 is 5.69 Å². The van der Waals surface area contributed by atoms with Gasteiger partial charge in [0.2, 0.25) is 0 Å². The molecule has 112 valence electrons. The molecule has 0 amide bonds. The monoisotopic (exact) mass is 292 g/mol. The van der Waals surface area contributed by atoms with Crippen molar-refractivity contribution in [1.29, 1.82) is 0 Å². The van der Waals surface area contributed by atoms with Crippen LogP contribution in [0.2, 0.25) is 0 Å².